The van der Waals surface area contributed by atoms with Crippen molar-refractivity contribution < 1.29 is 80.2 Å². The van der Waals surface area contributed by atoms with Crippen LogP contribution in [0.25, 0.3) is 0 Å². The van der Waals surface area contributed by atoms with E-state index >= 15 is 0 Å². The van der Waals surface area contributed by atoms with E-state index in [1.54, 1.807) is 0 Å². The second kappa shape index (κ2) is 59.1. The van der Waals surface area contributed by atoms with E-state index in [9.17, 15) is 43.2 Å². The van der Waals surface area contributed by atoms with Crippen molar-refractivity contribution in [1.82, 2.24) is 0 Å². The third kappa shape index (κ3) is 60.1. The molecule has 0 aliphatic rings. The number of aliphatic hydroxyl groups excluding tert-OH is 1. The Balaban J connectivity index is 5.18. The van der Waals surface area contributed by atoms with Gasteiger partial charge in [0.25, 0.3) is 0 Å². The fourth-order valence-electron chi connectivity index (χ4n) is 10.1. The van der Waals surface area contributed by atoms with Gasteiger partial charge in [0.05, 0.1) is 26.4 Å². The van der Waals surface area contributed by atoms with Crippen molar-refractivity contribution in [2.75, 3.05) is 39.6 Å². The molecule has 87 heavy (non-hydrogen) atoms. The molecule has 0 amide bonds. The Bertz CT molecular complexity index is 1720. The number of carbonyl (C=O) groups excluding carboxylic acids is 4. The quantitative estimate of drug-likeness (QED) is 0.0222. The second-order valence-electron chi connectivity index (χ2n) is 25.5. The van der Waals surface area contributed by atoms with Crippen LogP contribution in [0.2, 0.25) is 0 Å². The summed E-state index contributed by atoms with van der Waals surface area (Å²) in [7, 11) is -9.89. The number of phosphoric acid groups is 2. The molecule has 0 aromatic rings. The fourth-order valence-corrected chi connectivity index (χ4v) is 11.7. The molecule has 0 aromatic carbocycles. The topological polar surface area (TPSA) is 237 Å². The minimum absolute atomic E-state index is 0.102. The number of ether oxygens (including phenoxy) is 4. The molecular formula is C68H132O17P2. The minimum atomic E-state index is -4.95. The Morgan fingerprint density at radius 2 is 0.586 bits per heavy atom. The SMILES string of the molecule is CCCCCCCCCCC(=O)OC[C@H](COP(=O)(O)OC[C@H](O)COP(=O)(O)OC[C@@H](COC(=O)CCCCCCCCC(C)CC)OC(=O)CCCCCCCCCCCCCCCCCCC(C)C)OC(=O)CCCCCCCCC(C)CC. The predicted octanol–water partition coefficient (Wildman–Crippen LogP) is 19.1. The Labute approximate surface area is 530 Å². The summed E-state index contributed by atoms with van der Waals surface area (Å²) in [6.07, 6.45) is 41.9. The Hall–Kier alpha value is -1.94. The molecule has 0 bridgehead atoms. The average Bonchev–Trinajstić information content (AvgIpc) is 3.69. The average molecular weight is 1280 g/mol. The van der Waals surface area contributed by atoms with Gasteiger partial charge >= 0.3 is 39.5 Å². The largest absolute Gasteiger partial charge is 0.472 e. The van der Waals surface area contributed by atoms with E-state index in [1.807, 2.05) is 0 Å². The highest BCUT2D eigenvalue weighted by atomic mass is 31.2. The number of phosphoric ester groups is 2. The molecule has 516 valence electrons. The number of unbranched alkanes of at least 4 members (excludes halogenated alkanes) is 32. The first-order chi connectivity index (χ1) is 41.8. The van der Waals surface area contributed by atoms with Crippen LogP contribution in [0.1, 0.15) is 337 Å². The van der Waals surface area contributed by atoms with E-state index < -0.39 is 97.5 Å². The van der Waals surface area contributed by atoms with Gasteiger partial charge in [0, 0.05) is 25.7 Å². The molecule has 19 heteroatoms. The Morgan fingerprint density at radius 3 is 0.874 bits per heavy atom. The molecule has 0 rings (SSSR count). The van der Waals surface area contributed by atoms with E-state index in [1.165, 1.54) is 135 Å². The summed E-state index contributed by atoms with van der Waals surface area (Å²) in [6.45, 7) is 11.7. The zero-order chi connectivity index (χ0) is 64.5. The maximum absolute atomic E-state index is 13.0. The van der Waals surface area contributed by atoms with Gasteiger partial charge in [0.15, 0.2) is 12.2 Å². The molecule has 0 radical (unpaired) electrons. The van der Waals surface area contributed by atoms with Crippen LogP contribution in [0, 0.1) is 17.8 Å². The van der Waals surface area contributed by atoms with Crippen LogP contribution >= 0.6 is 15.6 Å². The van der Waals surface area contributed by atoms with Gasteiger partial charge in [0.1, 0.15) is 19.3 Å². The highest BCUT2D eigenvalue weighted by Gasteiger charge is 2.30. The molecule has 0 aliphatic heterocycles. The van der Waals surface area contributed by atoms with Gasteiger partial charge in [-0.25, -0.2) is 9.13 Å². The molecule has 0 aromatic heterocycles. The molecule has 7 atom stereocenters. The zero-order valence-corrected chi connectivity index (χ0v) is 58.3. The zero-order valence-electron chi connectivity index (χ0n) is 56.5. The summed E-state index contributed by atoms with van der Waals surface area (Å²) in [4.78, 5) is 72.3. The lowest BCUT2D eigenvalue weighted by Gasteiger charge is -2.21. The number of hydrogen-bond donors (Lipinski definition) is 3. The number of esters is 4. The van der Waals surface area contributed by atoms with Crippen LogP contribution in [0.3, 0.4) is 0 Å². The van der Waals surface area contributed by atoms with Crippen molar-refractivity contribution in [1.29, 1.82) is 0 Å². The van der Waals surface area contributed by atoms with E-state index in [0.29, 0.717) is 25.7 Å². The van der Waals surface area contributed by atoms with Gasteiger partial charge in [-0.3, -0.25) is 37.3 Å². The van der Waals surface area contributed by atoms with Gasteiger partial charge in [0.2, 0.25) is 0 Å². The molecule has 0 fully saturated rings. The standard InChI is InChI=1S/C68H132O17P2/c1-8-11-12-13-14-26-35-42-49-65(70)78-55-64(85-68(73)52-45-38-31-29-34-41-48-61(7)10-3)58-83-87(76,77)81-54-62(69)53-80-86(74,75)82-57-63(56-79-66(71)50-43-36-30-28-33-40-47-60(6)9-2)84-67(72)51-44-37-27-24-22-20-18-16-15-17-19-21-23-25-32-39-46-59(4)5/h59-64,69H,8-58H2,1-7H3,(H,74,75)(H,76,77)/t60?,61?,62-,63-,64-/m1/s1. The Morgan fingerprint density at radius 1 is 0.333 bits per heavy atom. The van der Waals surface area contributed by atoms with E-state index in [0.717, 1.165) is 120 Å². The third-order valence-electron chi connectivity index (χ3n) is 16.4. The van der Waals surface area contributed by atoms with Gasteiger partial charge in [-0.2, -0.15) is 0 Å². The summed E-state index contributed by atoms with van der Waals surface area (Å²) in [5.41, 5.74) is 0. The maximum Gasteiger partial charge on any atom is 0.472 e. The first kappa shape index (κ1) is 85.1. The smallest absolute Gasteiger partial charge is 0.462 e. The van der Waals surface area contributed by atoms with E-state index in [-0.39, 0.29) is 25.7 Å². The van der Waals surface area contributed by atoms with Crippen molar-refractivity contribution in [2.45, 2.75) is 356 Å². The van der Waals surface area contributed by atoms with Gasteiger partial charge in [-0.05, 0) is 43.4 Å². The normalized spacial score (nSPS) is 14.9. The number of rotatable bonds is 66. The highest BCUT2D eigenvalue weighted by molar-refractivity contribution is 7.47. The van der Waals surface area contributed by atoms with Crippen LogP contribution in [0.4, 0.5) is 0 Å². The molecule has 0 spiro atoms. The summed E-state index contributed by atoms with van der Waals surface area (Å²) in [6, 6.07) is 0. The molecule has 17 nitrogen and oxygen atoms in total. The fraction of sp³-hybridized carbons (Fsp3) is 0.941. The third-order valence-corrected chi connectivity index (χ3v) is 18.3. The lowest BCUT2D eigenvalue weighted by molar-refractivity contribution is -0.161. The summed E-state index contributed by atoms with van der Waals surface area (Å²) < 4.78 is 68.1. The van der Waals surface area contributed by atoms with Crippen LogP contribution in [-0.4, -0.2) is 96.7 Å². The van der Waals surface area contributed by atoms with Crippen molar-refractivity contribution in [3.8, 4) is 0 Å². The highest BCUT2D eigenvalue weighted by Crippen LogP contribution is 2.45. The van der Waals surface area contributed by atoms with Gasteiger partial charge in [-0.1, -0.05) is 286 Å². The lowest BCUT2D eigenvalue weighted by Crippen LogP contribution is -2.30. The van der Waals surface area contributed by atoms with Crippen LogP contribution in [-0.2, 0) is 65.4 Å². The molecule has 3 N–H and O–H groups in total. The summed E-state index contributed by atoms with van der Waals surface area (Å²) >= 11 is 0. The number of aliphatic hydroxyl groups is 1. The van der Waals surface area contributed by atoms with Crippen molar-refractivity contribution in [3.63, 3.8) is 0 Å². The van der Waals surface area contributed by atoms with Crippen molar-refractivity contribution in [3.05, 3.63) is 0 Å². The molecule has 0 aliphatic carbocycles. The number of carbonyl (C=O) groups is 4. The summed E-state index contributed by atoms with van der Waals surface area (Å²) in [5, 5.41) is 10.6. The summed E-state index contributed by atoms with van der Waals surface area (Å²) in [5.74, 6) is 0.124. The van der Waals surface area contributed by atoms with E-state index in [2.05, 4.69) is 48.5 Å². The maximum atomic E-state index is 13.0. The van der Waals surface area contributed by atoms with Crippen LogP contribution in [0.15, 0.2) is 0 Å². The monoisotopic (exact) mass is 1280 g/mol. The van der Waals surface area contributed by atoms with Gasteiger partial charge < -0.3 is 33.8 Å². The van der Waals surface area contributed by atoms with Crippen molar-refractivity contribution in [2.24, 2.45) is 17.8 Å². The van der Waals surface area contributed by atoms with Crippen LogP contribution < -0.4 is 0 Å². The van der Waals surface area contributed by atoms with Crippen LogP contribution in [0.5, 0.6) is 0 Å². The first-order valence-corrected chi connectivity index (χ1v) is 38.4. The molecule has 4 unspecified atom stereocenters. The van der Waals surface area contributed by atoms with Gasteiger partial charge in [-0.15, -0.1) is 0 Å². The molecule has 0 saturated heterocycles. The lowest BCUT2D eigenvalue weighted by atomic mass is 10.00. The Kier molecular flexibility index (Phi) is 57.8. The molecule has 0 heterocycles. The predicted molar refractivity (Wildman–Crippen MR) is 349 cm³/mol. The van der Waals surface area contributed by atoms with E-state index in [4.69, 9.17) is 37.0 Å². The number of hydrogen-bond acceptors (Lipinski definition) is 15. The van der Waals surface area contributed by atoms with Crippen molar-refractivity contribution >= 4 is 39.5 Å². The molecule has 0 saturated carbocycles. The first-order valence-electron chi connectivity index (χ1n) is 35.4. The molecular weight excluding hydrogens is 1150 g/mol. The minimum Gasteiger partial charge on any atom is -0.462 e. The second-order valence-corrected chi connectivity index (χ2v) is 28.4.